The van der Waals surface area contributed by atoms with Crippen LogP contribution >= 0.6 is 11.8 Å². The molecule has 2 rings (SSSR count). The summed E-state index contributed by atoms with van der Waals surface area (Å²) in [6.07, 6.45) is 3.46. The normalized spacial score (nSPS) is 31.9. The number of hydrogen-bond acceptors (Lipinski definition) is 3. The fourth-order valence-corrected chi connectivity index (χ4v) is 4.43. The molecule has 5 heteroatoms. The number of nitrogens with zero attached hydrogens (tertiary/aromatic N) is 1. The predicted molar refractivity (Wildman–Crippen MR) is 67.0 cm³/mol. The average Bonchev–Trinajstić information content (AvgIpc) is 3.05. The van der Waals surface area contributed by atoms with Gasteiger partial charge in [0.15, 0.2) is 5.54 Å². The summed E-state index contributed by atoms with van der Waals surface area (Å²) in [5.41, 5.74) is -1.40. The van der Waals surface area contributed by atoms with Crippen LogP contribution in [0, 0.1) is 5.41 Å². The molecular weight excluding hydrogens is 238 g/mol. The van der Waals surface area contributed by atoms with Crippen molar-refractivity contribution < 1.29 is 14.7 Å². The van der Waals surface area contributed by atoms with Crippen LogP contribution in [0.15, 0.2) is 0 Å². The number of aliphatic carboxylic acids is 1. The number of carboxylic acid groups (broad SMARTS) is 1. The van der Waals surface area contributed by atoms with Crippen molar-refractivity contribution in [1.82, 2.24) is 4.90 Å². The van der Waals surface area contributed by atoms with Crippen molar-refractivity contribution in [2.24, 2.45) is 5.41 Å². The van der Waals surface area contributed by atoms with Crippen molar-refractivity contribution in [3.63, 3.8) is 0 Å². The molecule has 0 aromatic heterocycles. The number of carboxylic acids is 1. The highest BCUT2D eigenvalue weighted by atomic mass is 32.2. The summed E-state index contributed by atoms with van der Waals surface area (Å²) in [7, 11) is 0. The third-order valence-corrected chi connectivity index (χ3v) is 5.27. The molecule has 1 aliphatic carbocycles. The third kappa shape index (κ3) is 1.84. The second-order valence-electron chi connectivity index (χ2n) is 5.60. The SMILES string of the molecule is CC1(C)CCSCC1(C(=O)O)N(C=O)C1CC1. The van der Waals surface area contributed by atoms with Crippen molar-refractivity contribution in [2.45, 2.75) is 44.7 Å². The lowest BCUT2D eigenvalue weighted by Crippen LogP contribution is -2.66. The zero-order valence-corrected chi connectivity index (χ0v) is 11.1. The predicted octanol–water partition coefficient (Wildman–Crippen LogP) is 1.59. The number of amides is 1. The fraction of sp³-hybridized carbons (Fsp3) is 0.833. The van der Waals surface area contributed by atoms with E-state index in [0.717, 1.165) is 31.4 Å². The fourth-order valence-electron chi connectivity index (χ4n) is 2.68. The summed E-state index contributed by atoms with van der Waals surface area (Å²) >= 11 is 1.64. The highest BCUT2D eigenvalue weighted by Crippen LogP contribution is 2.48. The molecule has 1 unspecified atom stereocenters. The van der Waals surface area contributed by atoms with Gasteiger partial charge in [0, 0.05) is 17.2 Å². The molecule has 1 amide bonds. The van der Waals surface area contributed by atoms with E-state index in [2.05, 4.69) is 0 Å². The van der Waals surface area contributed by atoms with Crippen LogP contribution in [0.25, 0.3) is 0 Å². The van der Waals surface area contributed by atoms with Crippen LogP contribution < -0.4 is 0 Å². The first-order valence-corrected chi connectivity index (χ1v) is 7.16. The van der Waals surface area contributed by atoms with E-state index in [1.165, 1.54) is 0 Å². The molecule has 0 bridgehead atoms. The van der Waals surface area contributed by atoms with Crippen LogP contribution in [-0.4, -0.2) is 45.5 Å². The van der Waals surface area contributed by atoms with Gasteiger partial charge in [0.2, 0.25) is 6.41 Å². The van der Waals surface area contributed by atoms with E-state index in [0.29, 0.717) is 5.75 Å². The van der Waals surface area contributed by atoms with Crippen LogP contribution in [0.3, 0.4) is 0 Å². The second-order valence-corrected chi connectivity index (χ2v) is 6.70. The van der Waals surface area contributed by atoms with Crippen molar-refractivity contribution >= 4 is 24.1 Å². The van der Waals surface area contributed by atoms with E-state index in [1.54, 1.807) is 16.7 Å². The molecule has 96 valence electrons. The highest BCUT2D eigenvalue weighted by Gasteiger charge is 2.59. The quantitative estimate of drug-likeness (QED) is 0.777. The van der Waals surface area contributed by atoms with E-state index < -0.39 is 11.5 Å². The minimum Gasteiger partial charge on any atom is -0.479 e. The number of carbonyl (C=O) groups is 2. The van der Waals surface area contributed by atoms with Crippen LogP contribution in [0.1, 0.15) is 33.1 Å². The first-order valence-electron chi connectivity index (χ1n) is 6.00. The van der Waals surface area contributed by atoms with Crippen LogP contribution in [-0.2, 0) is 9.59 Å². The van der Waals surface area contributed by atoms with Gasteiger partial charge in [-0.2, -0.15) is 11.8 Å². The van der Waals surface area contributed by atoms with Gasteiger partial charge in [0.25, 0.3) is 0 Å². The van der Waals surface area contributed by atoms with Crippen LogP contribution in [0.4, 0.5) is 0 Å². The standard InChI is InChI=1S/C12H19NO3S/c1-11(2)5-6-17-7-12(11,10(15)16)13(8-14)9-3-4-9/h8-9H,3-7H2,1-2H3,(H,15,16). The number of carbonyl (C=O) groups excluding carboxylic acids is 1. The zero-order valence-electron chi connectivity index (χ0n) is 10.3. The van der Waals surface area contributed by atoms with E-state index in [4.69, 9.17) is 0 Å². The molecule has 1 atom stereocenters. The Hall–Kier alpha value is -0.710. The molecule has 0 radical (unpaired) electrons. The van der Waals surface area contributed by atoms with Gasteiger partial charge >= 0.3 is 5.97 Å². The Labute approximate surface area is 106 Å². The van der Waals surface area contributed by atoms with Crippen molar-refractivity contribution in [1.29, 1.82) is 0 Å². The molecular formula is C12H19NO3S. The Morgan fingerprint density at radius 1 is 1.47 bits per heavy atom. The summed E-state index contributed by atoms with van der Waals surface area (Å²) in [6, 6.07) is 0.140. The minimum atomic E-state index is -1.03. The van der Waals surface area contributed by atoms with E-state index in [1.807, 2.05) is 13.8 Å². The first-order chi connectivity index (χ1) is 7.95. The molecule has 1 saturated heterocycles. The summed E-state index contributed by atoms with van der Waals surface area (Å²) in [6.45, 7) is 3.94. The maximum absolute atomic E-state index is 11.8. The first kappa shape index (κ1) is 12.7. The lowest BCUT2D eigenvalue weighted by atomic mass is 9.69. The summed E-state index contributed by atoms with van der Waals surface area (Å²) in [5, 5.41) is 9.69. The van der Waals surface area contributed by atoms with Gasteiger partial charge in [-0.05, 0) is 25.0 Å². The van der Waals surface area contributed by atoms with E-state index >= 15 is 0 Å². The number of rotatable bonds is 4. The van der Waals surface area contributed by atoms with Crippen LogP contribution in [0.2, 0.25) is 0 Å². The minimum absolute atomic E-state index is 0.140. The molecule has 0 aromatic rings. The maximum Gasteiger partial charge on any atom is 0.331 e. The molecule has 2 fully saturated rings. The zero-order chi connectivity index (χ0) is 12.7. The lowest BCUT2D eigenvalue weighted by molar-refractivity contribution is -0.163. The van der Waals surface area contributed by atoms with Gasteiger partial charge in [-0.1, -0.05) is 13.8 Å². The van der Waals surface area contributed by atoms with Gasteiger partial charge in [0.1, 0.15) is 0 Å². The van der Waals surface area contributed by atoms with E-state index in [-0.39, 0.29) is 11.5 Å². The van der Waals surface area contributed by atoms with Crippen LogP contribution in [0.5, 0.6) is 0 Å². The lowest BCUT2D eigenvalue weighted by Gasteiger charge is -2.51. The van der Waals surface area contributed by atoms with Crippen molar-refractivity contribution in [3.8, 4) is 0 Å². The Morgan fingerprint density at radius 2 is 2.12 bits per heavy atom. The van der Waals surface area contributed by atoms with Gasteiger partial charge < -0.3 is 10.0 Å². The molecule has 4 nitrogen and oxygen atoms in total. The molecule has 17 heavy (non-hydrogen) atoms. The molecule has 0 spiro atoms. The van der Waals surface area contributed by atoms with E-state index in [9.17, 15) is 14.7 Å². The van der Waals surface area contributed by atoms with Crippen molar-refractivity contribution in [3.05, 3.63) is 0 Å². The van der Waals surface area contributed by atoms with Gasteiger partial charge in [-0.15, -0.1) is 0 Å². The van der Waals surface area contributed by atoms with Gasteiger partial charge in [-0.25, -0.2) is 4.79 Å². The molecule has 0 aromatic carbocycles. The maximum atomic E-state index is 11.8. The van der Waals surface area contributed by atoms with Gasteiger partial charge in [-0.3, -0.25) is 4.79 Å². The molecule has 1 heterocycles. The summed E-state index contributed by atoms with van der Waals surface area (Å²) < 4.78 is 0. The molecule has 1 saturated carbocycles. The Balaban J connectivity index is 2.42. The Kier molecular flexibility index (Phi) is 3.14. The molecule has 1 N–H and O–H groups in total. The average molecular weight is 257 g/mol. The Bertz CT molecular complexity index is 341. The summed E-state index contributed by atoms with van der Waals surface area (Å²) in [4.78, 5) is 24.7. The summed E-state index contributed by atoms with van der Waals surface area (Å²) in [5.74, 6) is 0.623. The second kappa shape index (κ2) is 4.19. The Morgan fingerprint density at radius 3 is 2.53 bits per heavy atom. The largest absolute Gasteiger partial charge is 0.479 e. The number of thioether (sulfide) groups is 1. The molecule has 2 aliphatic rings. The molecule has 1 aliphatic heterocycles. The highest BCUT2D eigenvalue weighted by molar-refractivity contribution is 7.99. The topological polar surface area (TPSA) is 57.6 Å². The van der Waals surface area contributed by atoms with Crippen molar-refractivity contribution in [2.75, 3.05) is 11.5 Å². The number of hydrogen-bond donors (Lipinski definition) is 1. The monoisotopic (exact) mass is 257 g/mol. The van der Waals surface area contributed by atoms with Gasteiger partial charge in [0.05, 0.1) is 0 Å². The third-order valence-electron chi connectivity index (χ3n) is 4.15. The smallest absolute Gasteiger partial charge is 0.331 e.